The van der Waals surface area contributed by atoms with Crippen LogP contribution in [0.5, 0.6) is 0 Å². The van der Waals surface area contributed by atoms with Gasteiger partial charge in [-0.2, -0.15) is 10.2 Å². The Morgan fingerprint density at radius 1 is 1.13 bits per heavy atom. The number of rotatable bonds is 4. The van der Waals surface area contributed by atoms with Gasteiger partial charge in [-0.25, -0.2) is 0 Å². The maximum Gasteiger partial charge on any atom is 0.324 e. The second kappa shape index (κ2) is 7.95. The van der Waals surface area contributed by atoms with E-state index in [-0.39, 0.29) is 16.8 Å². The summed E-state index contributed by atoms with van der Waals surface area (Å²) < 4.78 is 1.78. The zero-order valence-corrected chi connectivity index (χ0v) is 18.1. The maximum atomic E-state index is 12.9. The number of piperazine rings is 1. The zero-order chi connectivity index (χ0) is 22.3. The van der Waals surface area contributed by atoms with E-state index in [1.54, 1.807) is 20.5 Å². The third-order valence-corrected chi connectivity index (χ3v) is 6.43. The number of thiophene rings is 1. The number of aromatic nitrogens is 4. The van der Waals surface area contributed by atoms with Gasteiger partial charge in [0, 0.05) is 50.6 Å². The monoisotopic (exact) mass is 443 g/mol. The summed E-state index contributed by atoms with van der Waals surface area (Å²) in [5.74, 6) is -0.437. The molecule has 0 radical (unpaired) electrons. The molecule has 0 saturated carbocycles. The molecule has 1 aliphatic rings. The molecule has 0 spiro atoms. The molecule has 1 fully saturated rings. The molecule has 1 N–H and O–H groups in total. The van der Waals surface area contributed by atoms with Crippen molar-refractivity contribution in [1.82, 2.24) is 29.8 Å². The van der Waals surface area contributed by atoms with Crippen molar-refractivity contribution >= 4 is 28.2 Å². The molecule has 1 aliphatic heterocycles. The van der Waals surface area contributed by atoms with Gasteiger partial charge in [0.25, 0.3) is 11.8 Å². The number of aryl methyl sites for hydroxylation is 2. The Morgan fingerprint density at radius 2 is 1.77 bits per heavy atom. The standard InChI is InChI=1S/C19H21N7O4S/c1-11-17(12(2)23(3)22-11)13-10-14(21-20-13)18(27)24-6-8-25(9-7-24)19(28)15-4-5-16(31-15)26(29)30/h4-5,10H,6-9H2,1-3H3,(H,20,21). The van der Waals surface area contributed by atoms with E-state index < -0.39 is 4.92 Å². The number of aromatic amines is 1. The van der Waals surface area contributed by atoms with E-state index in [4.69, 9.17) is 0 Å². The highest BCUT2D eigenvalue weighted by atomic mass is 32.1. The van der Waals surface area contributed by atoms with Crippen LogP contribution in [0.4, 0.5) is 5.00 Å². The number of amides is 2. The Morgan fingerprint density at radius 3 is 2.32 bits per heavy atom. The summed E-state index contributed by atoms with van der Waals surface area (Å²) in [4.78, 5) is 39.4. The molecule has 31 heavy (non-hydrogen) atoms. The van der Waals surface area contributed by atoms with Gasteiger partial charge in [0.1, 0.15) is 5.69 Å². The summed E-state index contributed by atoms with van der Waals surface area (Å²) in [5, 5.41) is 22.3. The van der Waals surface area contributed by atoms with Gasteiger partial charge in [-0.05, 0) is 26.0 Å². The van der Waals surface area contributed by atoms with Crippen LogP contribution in [0.15, 0.2) is 18.2 Å². The second-order valence-corrected chi connectivity index (χ2v) is 8.38. The molecule has 0 bridgehead atoms. The SMILES string of the molecule is Cc1nn(C)c(C)c1-c1cc(C(=O)N2CCN(C(=O)c3ccc([N+](=O)[O-])s3)CC2)[nH]n1. The smallest absolute Gasteiger partial charge is 0.324 e. The number of hydrogen-bond acceptors (Lipinski definition) is 7. The quantitative estimate of drug-likeness (QED) is 0.485. The molecule has 3 aromatic rings. The van der Waals surface area contributed by atoms with Crippen LogP contribution in [0, 0.1) is 24.0 Å². The van der Waals surface area contributed by atoms with E-state index in [2.05, 4.69) is 15.3 Å². The average Bonchev–Trinajstić information content (AvgIpc) is 3.47. The van der Waals surface area contributed by atoms with Crippen molar-refractivity contribution in [3.05, 3.63) is 50.3 Å². The van der Waals surface area contributed by atoms with Crippen molar-refractivity contribution < 1.29 is 14.5 Å². The molecule has 12 heteroatoms. The summed E-state index contributed by atoms with van der Waals surface area (Å²) in [7, 11) is 1.86. The number of nitrogens with one attached hydrogen (secondary N) is 1. The highest BCUT2D eigenvalue weighted by molar-refractivity contribution is 7.17. The van der Waals surface area contributed by atoms with Crippen molar-refractivity contribution in [1.29, 1.82) is 0 Å². The molecule has 0 aliphatic carbocycles. The average molecular weight is 443 g/mol. The Hall–Kier alpha value is -3.54. The van der Waals surface area contributed by atoms with E-state index in [9.17, 15) is 19.7 Å². The lowest BCUT2D eigenvalue weighted by atomic mass is 10.1. The lowest BCUT2D eigenvalue weighted by Gasteiger charge is -2.34. The van der Waals surface area contributed by atoms with Crippen LogP contribution in [-0.2, 0) is 7.05 Å². The Balaban J connectivity index is 1.41. The van der Waals surface area contributed by atoms with Gasteiger partial charge in [0.15, 0.2) is 0 Å². The fourth-order valence-electron chi connectivity index (χ4n) is 3.68. The minimum absolute atomic E-state index is 0.0636. The van der Waals surface area contributed by atoms with Gasteiger partial charge >= 0.3 is 5.00 Å². The van der Waals surface area contributed by atoms with Crippen molar-refractivity contribution in [3.63, 3.8) is 0 Å². The molecule has 2 amide bonds. The molecule has 0 unspecified atom stereocenters. The molecule has 1 saturated heterocycles. The third kappa shape index (κ3) is 3.81. The fraction of sp³-hybridized carbons (Fsp3) is 0.368. The molecule has 0 aromatic carbocycles. The van der Waals surface area contributed by atoms with Crippen molar-refractivity contribution in [2.24, 2.45) is 7.05 Å². The molecule has 0 atom stereocenters. The lowest BCUT2D eigenvalue weighted by Crippen LogP contribution is -2.50. The van der Waals surface area contributed by atoms with E-state index in [0.29, 0.717) is 42.4 Å². The van der Waals surface area contributed by atoms with Crippen LogP contribution in [0.2, 0.25) is 0 Å². The predicted octanol–water partition coefficient (Wildman–Crippen LogP) is 1.99. The van der Waals surface area contributed by atoms with Gasteiger partial charge in [-0.15, -0.1) is 0 Å². The van der Waals surface area contributed by atoms with Crippen molar-refractivity contribution in [2.75, 3.05) is 26.2 Å². The first kappa shape index (κ1) is 20.7. The highest BCUT2D eigenvalue weighted by Gasteiger charge is 2.28. The van der Waals surface area contributed by atoms with Crippen LogP contribution >= 0.6 is 11.3 Å². The number of nitro groups is 1. The largest absolute Gasteiger partial charge is 0.334 e. The predicted molar refractivity (Wildman–Crippen MR) is 113 cm³/mol. The molecule has 4 heterocycles. The molecular formula is C19H21N7O4S. The lowest BCUT2D eigenvalue weighted by molar-refractivity contribution is -0.380. The van der Waals surface area contributed by atoms with Gasteiger partial charge in [0.2, 0.25) is 0 Å². The number of carbonyl (C=O) groups is 2. The number of nitrogens with zero attached hydrogens (tertiary/aromatic N) is 6. The van der Waals surface area contributed by atoms with Crippen LogP contribution in [0.3, 0.4) is 0 Å². The molecular weight excluding hydrogens is 422 g/mol. The molecule has 162 valence electrons. The Kier molecular flexibility index (Phi) is 5.31. The van der Waals surface area contributed by atoms with Crippen molar-refractivity contribution in [3.8, 4) is 11.3 Å². The van der Waals surface area contributed by atoms with E-state index in [0.717, 1.165) is 28.3 Å². The molecule has 4 rings (SSSR count). The second-order valence-electron chi connectivity index (χ2n) is 7.32. The normalized spacial score (nSPS) is 14.2. The Labute approximate surface area is 181 Å². The number of carbonyl (C=O) groups excluding carboxylic acids is 2. The minimum atomic E-state index is -0.509. The van der Waals surface area contributed by atoms with Crippen LogP contribution < -0.4 is 0 Å². The summed E-state index contributed by atoms with van der Waals surface area (Å²) in [5.41, 5.74) is 3.75. The summed E-state index contributed by atoms with van der Waals surface area (Å²) >= 11 is 0.860. The maximum absolute atomic E-state index is 12.9. The van der Waals surface area contributed by atoms with E-state index in [1.165, 1.54) is 12.1 Å². The fourth-order valence-corrected chi connectivity index (χ4v) is 4.47. The summed E-state index contributed by atoms with van der Waals surface area (Å²) in [6.45, 7) is 5.31. The number of hydrogen-bond donors (Lipinski definition) is 1. The first-order chi connectivity index (χ1) is 14.8. The zero-order valence-electron chi connectivity index (χ0n) is 17.3. The van der Waals surface area contributed by atoms with Crippen LogP contribution in [0.1, 0.15) is 31.5 Å². The molecule has 3 aromatic heterocycles. The third-order valence-electron chi connectivity index (χ3n) is 5.41. The van der Waals surface area contributed by atoms with Gasteiger partial charge < -0.3 is 9.80 Å². The van der Waals surface area contributed by atoms with Crippen molar-refractivity contribution in [2.45, 2.75) is 13.8 Å². The summed E-state index contributed by atoms with van der Waals surface area (Å²) in [6, 6.07) is 4.53. The first-order valence-electron chi connectivity index (χ1n) is 9.65. The molecule has 11 nitrogen and oxygen atoms in total. The number of H-pyrrole nitrogens is 1. The van der Waals surface area contributed by atoms with E-state index >= 15 is 0 Å². The summed E-state index contributed by atoms with van der Waals surface area (Å²) in [6.07, 6.45) is 0. The first-order valence-corrected chi connectivity index (χ1v) is 10.5. The van der Waals surface area contributed by atoms with Gasteiger partial charge in [-0.1, -0.05) is 11.3 Å². The van der Waals surface area contributed by atoms with E-state index in [1.807, 2.05) is 20.9 Å². The highest BCUT2D eigenvalue weighted by Crippen LogP contribution is 2.27. The van der Waals surface area contributed by atoms with Gasteiger partial charge in [0.05, 0.1) is 21.2 Å². The van der Waals surface area contributed by atoms with Crippen LogP contribution in [0.25, 0.3) is 11.3 Å². The topological polar surface area (TPSA) is 130 Å². The van der Waals surface area contributed by atoms with Gasteiger partial charge in [-0.3, -0.25) is 29.5 Å². The van der Waals surface area contributed by atoms with Crippen LogP contribution in [-0.4, -0.2) is 72.7 Å². The Bertz CT molecular complexity index is 1170. The minimum Gasteiger partial charge on any atom is -0.334 e.